The number of hydrogen-bond donors (Lipinski definition) is 1. The van der Waals surface area contributed by atoms with Crippen molar-refractivity contribution in [2.75, 3.05) is 53.4 Å². The van der Waals surface area contributed by atoms with Gasteiger partial charge >= 0.3 is 6.03 Å². The summed E-state index contributed by atoms with van der Waals surface area (Å²) in [5.74, 6) is -0.161. The van der Waals surface area contributed by atoms with Crippen LogP contribution in [-0.4, -0.2) is 74.1 Å². The fourth-order valence-electron chi connectivity index (χ4n) is 2.47. The Bertz CT molecular complexity index is 487. The van der Waals surface area contributed by atoms with Gasteiger partial charge in [-0.3, -0.25) is 4.90 Å². The van der Waals surface area contributed by atoms with Crippen LogP contribution in [0.1, 0.15) is 5.56 Å². The molecule has 122 valence electrons. The highest BCUT2D eigenvalue weighted by atomic mass is 19.1. The second-order valence-electron chi connectivity index (χ2n) is 5.89. The molecule has 1 heterocycles. The Labute approximate surface area is 131 Å². The zero-order valence-electron chi connectivity index (χ0n) is 13.4. The molecule has 22 heavy (non-hydrogen) atoms. The molecule has 1 aromatic carbocycles. The predicted octanol–water partition coefficient (Wildman–Crippen LogP) is 1.21. The van der Waals surface area contributed by atoms with E-state index in [9.17, 15) is 9.18 Å². The van der Waals surface area contributed by atoms with Crippen LogP contribution >= 0.6 is 0 Å². The van der Waals surface area contributed by atoms with Crippen molar-refractivity contribution in [2.45, 2.75) is 6.54 Å². The minimum Gasteiger partial charge on any atom is -0.337 e. The van der Waals surface area contributed by atoms with Crippen LogP contribution in [0, 0.1) is 5.82 Å². The van der Waals surface area contributed by atoms with Gasteiger partial charge in [0.2, 0.25) is 0 Å². The Balaban J connectivity index is 1.73. The van der Waals surface area contributed by atoms with Crippen molar-refractivity contribution >= 4 is 6.03 Å². The van der Waals surface area contributed by atoms with E-state index < -0.39 is 0 Å². The zero-order chi connectivity index (χ0) is 15.9. The van der Waals surface area contributed by atoms with Crippen molar-refractivity contribution in [1.82, 2.24) is 20.0 Å². The van der Waals surface area contributed by atoms with E-state index in [-0.39, 0.29) is 11.8 Å². The molecule has 0 atom stereocenters. The molecule has 1 fully saturated rings. The SMILES string of the molecule is CN(C)CCNC(=O)N1CCN(Cc2ccccc2F)CC1. The summed E-state index contributed by atoms with van der Waals surface area (Å²) in [6.07, 6.45) is 0. The van der Waals surface area contributed by atoms with Crippen LogP contribution in [0.2, 0.25) is 0 Å². The minimum atomic E-state index is -0.161. The number of hydrogen-bond acceptors (Lipinski definition) is 3. The van der Waals surface area contributed by atoms with Crippen molar-refractivity contribution in [3.63, 3.8) is 0 Å². The number of carbonyl (C=O) groups excluding carboxylic acids is 1. The average Bonchev–Trinajstić information content (AvgIpc) is 2.50. The van der Waals surface area contributed by atoms with Gasteiger partial charge in [-0.15, -0.1) is 0 Å². The van der Waals surface area contributed by atoms with E-state index in [1.165, 1.54) is 6.07 Å². The number of nitrogens with one attached hydrogen (secondary N) is 1. The summed E-state index contributed by atoms with van der Waals surface area (Å²) in [5, 5.41) is 2.92. The Morgan fingerprint density at radius 1 is 1.23 bits per heavy atom. The van der Waals surface area contributed by atoms with Gasteiger partial charge in [-0.2, -0.15) is 0 Å². The number of nitrogens with zero attached hydrogens (tertiary/aromatic N) is 3. The maximum Gasteiger partial charge on any atom is 0.317 e. The second kappa shape index (κ2) is 8.10. The van der Waals surface area contributed by atoms with E-state index in [2.05, 4.69) is 10.2 Å². The highest BCUT2D eigenvalue weighted by Crippen LogP contribution is 2.12. The van der Waals surface area contributed by atoms with Crippen LogP contribution in [0.15, 0.2) is 24.3 Å². The van der Waals surface area contributed by atoms with Crippen LogP contribution in [0.4, 0.5) is 9.18 Å². The van der Waals surface area contributed by atoms with Crippen molar-refractivity contribution in [2.24, 2.45) is 0 Å². The summed E-state index contributed by atoms with van der Waals surface area (Å²) >= 11 is 0. The number of carbonyl (C=O) groups is 1. The Hall–Kier alpha value is -1.66. The zero-order valence-corrected chi connectivity index (χ0v) is 13.4. The summed E-state index contributed by atoms with van der Waals surface area (Å²) in [6.45, 7) is 5.00. The number of benzene rings is 1. The molecular weight excluding hydrogens is 283 g/mol. The highest BCUT2D eigenvalue weighted by Gasteiger charge is 2.21. The van der Waals surface area contributed by atoms with Crippen molar-refractivity contribution in [1.29, 1.82) is 0 Å². The lowest BCUT2D eigenvalue weighted by Gasteiger charge is -2.34. The van der Waals surface area contributed by atoms with Gasteiger partial charge in [-0.25, -0.2) is 9.18 Å². The fourth-order valence-corrected chi connectivity index (χ4v) is 2.47. The van der Waals surface area contributed by atoms with Gasteiger partial charge in [0.05, 0.1) is 0 Å². The summed E-state index contributed by atoms with van der Waals surface area (Å²) in [4.78, 5) is 18.1. The maximum absolute atomic E-state index is 13.6. The lowest BCUT2D eigenvalue weighted by atomic mass is 10.2. The third kappa shape index (κ3) is 4.96. The van der Waals surface area contributed by atoms with Gasteiger partial charge in [0.1, 0.15) is 5.82 Å². The van der Waals surface area contributed by atoms with E-state index in [1.807, 2.05) is 36.0 Å². The monoisotopic (exact) mass is 308 g/mol. The quantitative estimate of drug-likeness (QED) is 0.889. The summed E-state index contributed by atoms with van der Waals surface area (Å²) in [7, 11) is 3.96. The molecule has 1 saturated heterocycles. The number of urea groups is 1. The Morgan fingerprint density at radius 3 is 2.55 bits per heavy atom. The van der Waals surface area contributed by atoms with Gasteiger partial charge in [-0.05, 0) is 20.2 Å². The Kier molecular flexibility index (Phi) is 6.15. The summed E-state index contributed by atoms with van der Waals surface area (Å²) in [6, 6.07) is 6.86. The van der Waals surface area contributed by atoms with Crippen LogP contribution in [0.5, 0.6) is 0 Å². The minimum absolute atomic E-state index is 0.00704. The van der Waals surface area contributed by atoms with Gasteiger partial charge in [0, 0.05) is 51.4 Å². The van der Waals surface area contributed by atoms with Crippen LogP contribution in [-0.2, 0) is 6.54 Å². The van der Waals surface area contributed by atoms with E-state index in [4.69, 9.17) is 0 Å². The molecule has 6 heteroatoms. The maximum atomic E-state index is 13.6. The largest absolute Gasteiger partial charge is 0.337 e. The molecule has 1 aromatic rings. The van der Waals surface area contributed by atoms with Gasteiger partial charge in [0.15, 0.2) is 0 Å². The van der Waals surface area contributed by atoms with Crippen LogP contribution in [0.3, 0.4) is 0 Å². The predicted molar refractivity (Wildman–Crippen MR) is 85.2 cm³/mol. The lowest BCUT2D eigenvalue weighted by molar-refractivity contribution is 0.134. The van der Waals surface area contributed by atoms with Crippen LogP contribution < -0.4 is 5.32 Å². The highest BCUT2D eigenvalue weighted by molar-refractivity contribution is 5.74. The summed E-state index contributed by atoms with van der Waals surface area (Å²) in [5.41, 5.74) is 0.714. The molecule has 2 amide bonds. The van der Waals surface area contributed by atoms with E-state index in [1.54, 1.807) is 6.07 Å². The normalized spacial score (nSPS) is 16.1. The molecule has 0 radical (unpaired) electrons. The molecule has 0 spiro atoms. The molecule has 1 N–H and O–H groups in total. The van der Waals surface area contributed by atoms with Crippen molar-refractivity contribution in [3.8, 4) is 0 Å². The molecule has 0 bridgehead atoms. The van der Waals surface area contributed by atoms with E-state index in [0.717, 1.165) is 19.6 Å². The molecule has 5 nitrogen and oxygen atoms in total. The molecule has 0 aromatic heterocycles. The smallest absolute Gasteiger partial charge is 0.317 e. The number of piperazine rings is 1. The topological polar surface area (TPSA) is 38.8 Å². The first-order valence-corrected chi connectivity index (χ1v) is 7.69. The molecule has 0 saturated carbocycles. The number of halogens is 1. The average molecular weight is 308 g/mol. The summed E-state index contributed by atoms with van der Waals surface area (Å²) < 4.78 is 13.6. The van der Waals surface area contributed by atoms with Crippen molar-refractivity contribution in [3.05, 3.63) is 35.6 Å². The number of rotatable bonds is 5. The lowest BCUT2D eigenvalue weighted by Crippen LogP contribution is -2.52. The number of likely N-dealkylation sites (N-methyl/N-ethyl adjacent to an activating group) is 1. The first-order valence-electron chi connectivity index (χ1n) is 7.69. The van der Waals surface area contributed by atoms with Gasteiger partial charge < -0.3 is 15.1 Å². The third-order valence-electron chi connectivity index (χ3n) is 3.85. The third-order valence-corrected chi connectivity index (χ3v) is 3.85. The fraction of sp³-hybridized carbons (Fsp3) is 0.562. The molecule has 0 unspecified atom stereocenters. The molecule has 0 aliphatic carbocycles. The first kappa shape index (κ1) is 16.7. The van der Waals surface area contributed by atoms with E-state index in [0.29, 0.717) is 31.7 Å². The molecule has 2 rings (SSSR count). The molecule has 1 aliphatic rings. The molecular formula is C16H25FN4O. The Morgan fingerprint density at radius 2 is 1.91 bits per heavy atom. The standard InChI is InChI=1S/C16H25FN4O/c1-19(2)8-7-18-16(22)21-11-9-20(10-12-21)13-14-5-3-4-6-15(14)17/h3-6H,7-13H2,1-2H3,(H,18,22). The second-order valence-corrected chi connectivity index (χ2v) is 5.89. The van der Waals surface area contributed by atoms with Crippen LogP contribution in [0.25, 0.3) is 0 Å². The van der Waals surface area contributed by atoms with E-state index >= 15 is 0 Å². The first-order chi connectivity index (χ1) is 10.6. The van der Waals surface area contributed by atoms with Gasteiger partial charge in [0.25, 0.3) is 0 Å². The van der Waals surface area contributed by atoms with Gasteiger partial charge in [-0.1, -0.05) is 18.2 Å². The van der Waals surface area contributed by atoms with Crippen molar-refractivity contribution < 1.29 is 9.18 Å². The number of amides is 2. The molecule has 1 aliphatic heterocycles.